The summed E-state index contributed by atoms with van der Waals surface area (Å²) in [4.78, 5) is 23.3. The molecule has 0 aliphatic rings. The summed E-state index contributed by atoms with van der Waals surface area (Å²) in [5.74, 6) is -1.73. The van der Waals surface area contributed by atoms with Gasteiger partial charge >= 0.3 is 12.1 Å². The second-order valence-corrected chi connectivity index (χ2v) is 5.01. The van der Waals surface area contributed by atoms with E-state index in [0.717, 1.165) is 28.8 Å². The van der Waals surface area contributed by atoms with E-state index >= 15 is 0 Å². The summed E-state index contributed by atoms with van der Waals surface area (Å²) in [5, 5.41) is 8.52. The maximum Gasteiger partial charge on any atom is 0.416 e. The molecule has 1 N–H and O–H groups in total. The minimum atomic E-state index is -4.43. The number of amides is 1. The normalized spacial score (nSPS) is 11.2. The minimum absolute atomic E-state index is 0.120. The number of aliphatic carboxylic acids is 1. The van der Waals surface area contributed by atoms with Crippen LogP contribution >= 0.6 is 11.8 Å². The number of halogens is 3. The molecule has 0 saturated heterocycles. The number of rotatable bonds is 5. The molecule has 0 spiro atoms. The van der Waals surface area contributed by atoms with Crippen LogP contribution in [0.2, 0.25) is 0 Å². The van der Waals surface area contributed by atoms with Crippen LogP contribution in [0.25, 0.3) is 0 Å². The first-order valence-electron chi connectivity index (χ1n) is 5.46. The van der Waals surface area contributed by atoms with Crippen LogP contribution in [0.1, 0.15) is 5.56 Å². The van der Waals surface area contributed by atoms with Gasteiger partial charge in [0, 0.05) is 11.9 Å². The first-order valence-corrected chi connectivity index (χ1v) is 6.44. The lowest BCUT2D eigenvalue weighted by atomic mass is 10.2. The minimum Gasteiger partial charge on any atom is -0.480 e. The summed E-state index contributed by atoms with van der Waals surface area (Å²) in [7, 11) is 1.32. The highest BCUT2D eigenvalue weighted by atomic mass is 32.2. The molecular formula is C12H12F3NO3S. The Hall–Kier alpha value is -1.70. The number of alkyl halides is 3. The van der Waals surface area contributed by atoms with Gasteiger partial charge in [0.25, 0.3) is 0 Å². The maximum absolute atomic E-state index is 12.5. The van der Waals surface area contributed by atoms with E-state index in [9.17, 15) is 22.8 Å². The number of nitrogens with zero attached hydrogens (tertiary/aromatic N) is 1. The second kappa shape index (κ2) is 6.65. The summed E-state index contributed by atoms with van der Waals surface area (Å²) >= 11 is 0.930. The van der Waals surface area contributed by atoms with E-state index in [1.165, 1.54) is 19.2 Å². The molecular weight excluding hydrogens is 295 g/mol. The Balaban J connectivity index is 2.62. The molecule has 0 aliphatic heterocycles. The molecule has 0 unspecified atom stereocenters. The third-order valence-corrected chi connectivity index (χ3v) is 3.30. The van der Waals surface area contributed by atoms with Gasteiger partial charge in [0.2, 0.25) is 5.91 Å². The van der Waals surface area contributed by atoms with Crippen LogP contribution in [0, 0.1) is 0 Å². The lowest BCUT2D eigenvalue weighted by Crippen LogP contribution is -2.33. The summed E-state index contributed by atoms with van der Waals surface area (Å²) in [5.41, 5.74) is -0.783. The standard InChI is InChI=1S/C12H12F3NO3S/c1-16(6-11(18)19)10(17)7-20-9-4-2-3-8(5-9)12(13,14)15/h2-5H,6-7H2,1H3,(H,18,19). The van der Waals surface area contributed by atoms with Crippen molar-refractivity contribution in [2.75, 3.05) is 19.3 Å². The molecule has 0 aromatic heterocycles. The predicted molar refractivity (Wildman–Crippen MR) is 67.4 cm³/mol. The van der Waals surface area contributed by atoms with Gasteiger partial charge in [0.15, 0.2) is 0 Å². The van der Waals surface area contributed by atoms with Crippen molar-refractivity contribution in [3.63, 3.8) is 0 Å². The van der Waals surface area contributed by atoms with Gasteiger partial charge in [-0.3, -0.25) is 9.59 Å². The molecule has 0 saturated carbocycles. The van der Waals surface area contributed by atoms with Crippen molar-refractivity contribution in [2.45, 2.75) is 11.1 Å². The van der Waals surface area contributed by atoms with Crippen LogP contribution in [-0.4, -0.2) is 41.2 Å². The van der Waals surface area contributed by atoms with Gasteiger partial charge in [0.05, 0.1) is 11.3 Å². The monoisotopic (exact) mass is 307 g/mol. The molecule has 110 valence electrons. The van der Waals surface area contributed by atoms with Gasteiger partial charge in [-0.25, -0.2) is 0 Å². The Morgan fingerprint density at radius 3 is 2.55 bits per heavy atom. The van der Waals surface area contributed by atoms with E-state index in [-0.39, 0.29) is 5.75 Å². The summed E-state index contributed by atoms with van der Waals surface area (Å²) in [6.45, 7) is -0.442. The molecule has 0 radical (unpaired) electrons. The molecule has 0 bridgehead atoms. The number of hydrogen-bond acceptors (Lipinski definition) is 3. The molecule has 0 atom stereocenters. The van der Waals surface area contributed by atoms with Gasteiger partial charge < -0.3 is 10.0 Å². The largest absolute Gasteiger partial charge is 0.480 e. The van der Waals surface area contributed by atoms with Crippen molar-refractivity contribution in [1.82, 2.24) is 4.90 Å². The average molecular weight is 307 g/mol. The highest BCUT2D eigenvalue weighted by molar-refractivity contribution is 8.00. The third kappa shape index (κ3) is 5.12. The smallest absolute Gasteiger partial charge is 0.416 e. The number of likely N-dealkylation sites (N-methyl/N-ethyl adjacent to an activating group) is 1. The highest BCUT2D eigenvalue weighted by Crippen LogP contribution is 2.31. The molecule has 1 rings (SSSR count). The highest BCUT2D eigenvalue weighted by Gasteiger charge is 2.30. The fourth-order valence-corrected chi connectivity index (χ4v) is 2.20. The number of carboxylic acids is 1. The number of carboxylic acid groups (broad SMARTS) is 1. The van der Waals surface area contributed by atoms with Gasteiger partial charge in [-0.05, 0) is 18.2 Å². The van der Waals surface area contributed by atoms with Crippen LogP contribution in [-0.2, 0) is 15.8 Å². The number of thioether (sulfide) groups is 1. The van der Waals surface area contributed by atoms with E-state index in [1.54, 1.807) is 0 Å². The molecule has 0 aliphatic carbocycles. The van der Waals surface area contributed by atoms with Crippen molar-refractivity contribution in [3.8, 4) is 0 Å². The zero-order chi connectivity index (χ0) is 15.3. The van der Waals surface area contributed by atoms with E-state index in [2.05, 4.69) is 0 Å². The van der Waals surface area contributed by atoms with E-state index in [1.807, 2.05) is 0 Å². The van der Waals surface area contributed by atoms with Crippen molar-refractivity contribution in [3.05, 3.63) is 29.8 Å². The van der Waals surface area contributed by atoms with Crippen LogP contribution < -0.4 is 0 Å². The van der Waals surface area contributed by atoms with Crippen LogP contribution in [0.3, 0.4) is 0 Å². The van der Waals surface area contributed by atoms with E-state index in [4.69, 9.17) is 5.11 Å². The van der Waals surface area contributed by atoms with Crippen LogP contribution in [0.15, 0.2) is 29.2 Å². The number of benzene rings is 1. The maximum atomic E-state index is 12.5. The van der Waals surface area contributed by atoms with E-state index in [0.29, 0.717) is 4.90 Å². The van der Waals surface area contributed by atoms with Gasteiger partial charge in [0.1, 0.15) is 6.54 Å². The Morgan fingerprint density at radius 1 is 1.35 bits per heavy atom. The van der Waals surface area contributed by atoms with Crippen LogP contribution in [0.4, 0.5) is 13.2 Å². The quantitative estimate of drug-likeness (QED) is 0.848. The first-order chi connectivity index (χ1) is 9.20. The fourth-order valence-electron chi connectivity index (χ4n) is 1.31. The first kappa shape index (κ1) is 16.4. The summed E-state index contributed by atoms with van der Waals surface area (Å²) in [6, 6.07) is 4.62. The van der Waals surface area contributed by atoms with Crippen molar-refractivity contribution < 1.29 is 27.9 Å². The van der Waals surface area contributed by atoms with Crippen LogP contribution in [0.5, 0.6) is 0 Å². The molecule has 1 amide bonds. The van der Waals surface area contributed by atoms with Gasteiger partial charge in [-0.1, -0.05) is 6.07 Å². The Bertz CT molecular complexity index is 505. The molecule has 0 fully saturated rings. The topological polar surface area (TPSA) is 57.6 Å². The number of carbonyl (C=O) groups excluding carboxylic acids is 1. The molecule has 4 nitrogen and oxygen atoms in total. The third-order valence-electron chi connectivity index (χ3n) is 2.32. The average Bonchev–Trinajstić information content (AvgIpc) is 2.34. The van der Waals surface area contributed by atoms with Gasteiger partial charge in [-0.2, -0.15) is 13.2 Å². The summed E-state index contributed by atoms with van der Waals surface area (Å²) < 4.78 is 37.5. The molecule has 8 heteroatoms. The van der Waals surface area contributed by atoms with Crippen molar-refractivity contribution in [2.24, 2.45) is 0 Å². The van der Waals surface area contributed by atoms with Crippen molar-refractivity contribution >= 4 is 23.6 Å². The molecule has 1 aromatic rings. The van der Waals surface area contributed by atoms with E-state index < -0.39 is 30.2 Å². The predicted octanol–water partition coefficient (Wildman–Crippen LogP) is 2.34. The summed E-state index contributed by atoms with van der Waals surface area (Å²) in [6.07, 6.45) is -4.43. The second-order valence-electron chi connectivity index (χ2n) is 3.96. The Labute approximate surface area is 117 Å². The molecule has 20 heavy (non-hydrogen) atoms. The fraction of sp³-hybridized carbons (Fsp3) is 0.333. The number of hydrogen-bond donors (Lipinski definition) is 1. The Morgan fingerprint density at radius 2 is 2.00 bits per heavy atom. The zero-order valence-electron chi connectivity index (χ0n) is 10.5. The molecule has 1 aromatic carbocycles. The SMILES string of the molecule is CN(CC(=O)O)C(=O)CSc1cccc(C(F)(F)F)c1. The molecule has 0 heterocycles. The van der Waals surface area contributed by atoms with Crippen molar-refractivity contribution in [1.29, 1.82) is 0 Å². The zero-order valence-corrected chi connectivity index (χ0v) is 11.3. The number of carbonyl (C=O) groups is 2. The Kier molecular flexibility index (Phi) is 5.43. The lowest BCUT2D eigenvalue weighted by Gasteiger charge is -2.14. The lowest BCUT2D eigenvalue weighted by molar-refractivity contribution is -0.142. The van der Waals surface area contributed by atoms with Gasteiger partial charge in [-0.15, -0.1) is 11.8 Å².